The van der Waals surface area contributed by atoms with E-state index in [2.05, 4.69) is 55.3 Å². The lowest BCUT2D eigenvalue weighted by atomic mass is 9.87. The summed E-state index contributed by atoms with van der Waals surface area (Å²) in [4.78, 5) is 17.2. The molecule has 1 aromatic heterocycles. The highest BCUT2D eigenvalue weighted by molar-refractivity contribution is 8.00. The molecule has 4 heteroatoms. The van der Waals surface area contributed by atoms with Gasteiger partial charge in [-0.25, -0.2) is 0 Å². The van der Waals surface area contributed by atoms with E-state index in [-0.39, 0.29) is 11.3 Å². The predicted octanol–water partition coefficient (Wildman–Crippen LogP) is 3.83. The van der Waals surface area contributed by atoms with E-state index < -0.39 is 0 Å². The number of benzene rings is 1. The van der Waals surface area contributed by atoms with Crippen LogP contribution >= 0.6 is 11.8 Å². The summed E-state index contributed by atoms with van der Waals surface area (Å²) < 4.78 is 0. The zero-order valence-corrected chi connectivity index (χ0v) is 14.8. The molecule has 1 aromatic carbocycles. The van der Waals surface area contributed by atoms with E-state index in [4.69, 9.17) is 0 Å². The zero-order chi connectivity index (χ0) is 16.7. The molecular weight excluding hydrogens is 304 g/mol. The minimum absolute atomic E-state index is 0.0610. The number of carbonyl (C=O) groups excluding carboxylic acids is 1. The van der Waals surface area contributed by atoms with Crippen molar-refractivity contribution in [2.24, 2.45) is 0 Å². The Morgan fingerprint density at radius 2 is 1.87 bits per heavy atom. The SMILES string of the molecule is CC(C)(C)c1ccc(SCC(=O)NCCc2ccccn2)cc1. The minimum Gasteiger partial charge on any atom is -0.355 e. The highest BCUT2D eigenvalue weighted by Crippen LogP contribution is 2.25. The second-order valence-electron chi connectivity index (χ2n) is 6.48. The molecule has 0 unspecified atom stereocenters. The molecule has 0 radical (unpaired) electrons. The van der Waals surface area contributed by atoms with Crippen molar-refractivity contribution < 1.29 is 4.79 Å². The van der Waals surface area contributed by atoms with E-state index in [0.29, 0.717) is 12.3 Å². The van der Waals surface area contributed by atoms with Gasteiger partial charge in [-0.05, 0) is 35.2 Å². The molecule has 0 spiro atoms. The van der Waals surface area contributed by atoms with Crippen LogP contribution in [-0.2, 0) is 16.6 Å². The van der Waals surface area contributed by atoms with Crippen molar-refractivity contribution in [2.75, 3.05) is 12.3 Å². The van der Waals surface area contributed by atoms with E-state index in [9.17, 15) is 4.79 Å². The van der Waals surface area contributed by atoms with Gasteiger partial charge in [-0.3, -0.25) is 9.78 Å². The Kier molecular flexibility index (Phi) is 6.22. The molecule has 0 saturated heterocycles. The smallest absolute Gasteiger partial charge is 0.230 e. The second kappa shape index (κ2) is 8.16. The number of amides is 1. The van der Waals surface area contributed by atoms with Gasteiger partial charge in [0.05, 0.1) is 5.75 Å². The third kappa shape index (κ3) is 6.06. The van der Waals surface area contributed by atoms with Crippen LogP contribution in [-0.4, -0.2) is 23.2 Å². The Morgan fingerprint density at radius 1 is 1.13 bits per heavy atom. The molecule has 2 rings (SSSR count). The minimum atomic E-state index is 0.0610. The molecule has 2 aromatic rings. The molecule has 0 saturated carbocycles. The van der Waals surface area contributed by atoms with Crippen LogP contribution in [0.1, 0.15) is 32.0 Å². The first-order valence-corrected chi connectivity index (χ1v) is 8.84. The molecule has 0 fully saturated rings. The molecule has 23 heavy (non-hydrogen) atoms. The summed E-state index contributed by atoms with van der Waals surface area (Å²) in [6.45, 7) is 7.22. The van der Waals surface area contributed by atoms with Crippen molar-refractivity contribution in [1.82, 2.24) is 10.3 Å². The summed E-state index contributed by atoms with van der Waals surface area (Å²) in [7, 11) is 0. The molecule has 0 aliphatic heterocycles. The maximum absolute atomic E-state index is 11.9. The van der Waals surface area contributed by atoms with E-state index in [1.54, 1.807) is 18.0 Å². The largest absolute Gasteiger partial charge is 0.355 e. The first-order valence-electron chi connectivity index (χ1n) is 7.85. The van der Waals surface area contributed by atoms with Gasteiger partial charge in [-0.2, -0.15) is 0 Å². The Hall–Kier alpha value is -1.81. The Labute approximate surface area is 142 Å². The first kappa shape index (κ1) is 17.5. The van der Waals surface area contributed by atoms with Crippen LogP contribution in [0.5, 0.6) is 0 Å². The fraction of sp³-hybridized carbons (Fsp3) is 0.368. The average molecular weight is 328 g/mol. The third-order valence-electron chi connectivity index (χ3n) is 3.52. The summed E-state index contributed by atoms with van der Waals surface area (Å²) in [6.07, 6.45) is 2.53. The van der Waals surface area contributed by atoms with Crippen molar-refractivity contribution in [2.45, 2.75) is 37.5 Å². The number of rotatable bonds is 6. The highest BCUT2D eigenvalue weighted by atomic mass is 32.2. The Balaban J connectivity index is 1.72. The van der Waals surface area contributed by atoms with E-state index in [1.807, 2.05) is 18.2 Å². The molecular formula is C19H24N2OS. The van der Waals surface area contributed by atoms with Gasteiger partial charge in [-0.15, -0.1) is 11.8 Å². The van der Waals surface area contributed by atoms with Gasteiger partial charge in [0, 0.05) is 29.8 Å². The molecule has 0 aliphatic rings. The zero-order valence-electron chi connectivity index (χ0n) is 14.0. The van der Waals surface area contributed by atoms with Gasteiger partial charge in [-0.1, -0.05) is 39.0 Å². The van der Waals surface area contributed by atoms with Crippen molar-refractivity contribution in [3.63, 3.8) is 0 Å². The van der Waals surface area contributed by atoms with Crippen molar-refractivity contribution in [1.29, 1.82) is 0 Å². The summed E-state index contributed by atoms with van der Waals surface area (Å²) >= 11 is 1.57. The van der Waals surface area contributed by atoms with Gasteiger partial charge in [0.15, 0.2) is 0 Å². The van der Waals surface area contributed by atoms with Gasteiger partial charge < -0.3 is 5.32 Å². The number of nitrogens with zero attached hydrogens (tertiary/aromatic N) is 1. The quantitative estimate of drug-likeness (QED) is 0.820. The molecule has 122 valence electrons. The summed E-state index contributed by atoms with van der Waals surface area (Å²) in [6, 6.07) is 14.3. The van der Waals surface area contributed by atoms with Gasteiger partial charge in [0.2, 0.25) is 5.91 Å². The topological polar surface area (TPSA) is 42.0 Å². The molecule has 1 heterocycles. The predicted molar refractivity (Wildman–Crippen MR) is 96.8 cm³/mol. The van der Waals surface area contributed by atoms with E-state index >= 15 is 0 Å². The molecule has 0 aliphatic carbocycles. The van der Waals surface area contributed by atoms with Crippen LogP contribution in [0.25, 0.3) is 0 Å². The van der Waals surface area contributed by atoms with Crippen LogP contribution in [0, 0.1) is 0 Å². The monoisotopic (exact) mass is 328 g/mol. The molecule has 0 atom stereocenters. The van der Waals surface area contributed by atoms with E-state index in [0.717, 1.165) is 17.0 Å². The van der Waals surface area contributed by atoms with Gasteiger partial charge in [0.25, 0.3) is 0 Å². The lowest BCUT2D eigenvalue weighted by Gasteiger charge is -2.19. The van der Waals surface area contributed by atoms with Crippen molar-refractivity contribution >= 4 is 17.7 Å². The lowest BCUT2D eigenvalue weighted by Crippen LogP contribution is -2.27. The van der Waals surface area contributed by atoms with Crippen LogP contribution < -0.4 is 5.32 Å². The fourth-order valence-corrected chi connectivity index (χ4v) is 2.86. The Morgan fingerprint density at radius 3 is 2.48 bits per heavy atom. The third-order valence-corrected chi connectivity index (χ3v) is 4.53. The number of carbonyl (C=O) groups is 1. The fourth-order valence-electron chi connectivity index (χ4n) is 2.13. The maximum atomic E-state index is 11.9. The number of thioether (sulfide) groups is 1. The van der Waals surface area contributed by atoms with Crippen molar-refractivity contribution in [3.05, 3.63) is 59.9 Å². The van der Waals surface area contributed by atoms with Crippen LogP contribution in [0.15, 0.2) is 53.6 Å². The summed E-state index contributed by atoms with van der Waals surface area (Å²) in [5.74, 6) is 0.503. The standard InChI is InChI=1S/C19H24N2OS/c1-19(2,3)15-7-9-17(10-8-15)23-14-18(22)21-13-11-16-6-4-5-12-20-16/h4-10,12H,11,13-14H2,1-3H3,(H,21,22). The first-order chi connectivity index (χ1) is 10.9. The highest BCUT2D eigenvalue weighted by Gasteiger charge is 2.13. The van der Waals surface area contributed by atoms with Crippen molar-refractivity contribution in [3.8, 4) is 0 Å². The molecule has 1 N–H and O–H groups in total. The van der Waals surface area contributed by atoms with E-state index in [1.165, 1.54) is 5.56 Å². The number of pyridine rings is 1. The molecule has 3 nitrogen and oxygen atoms in total. The van der Waals surface area contributed by atoms with Gasteiger partial charge in [0.1, 0.15) is 0 Å². The number of hydrogen-bond donors (Lipinski definition) is 1. The molecule has 0 bridgehead atoms. The average Bonchev–Trinajstić information content (AvgIpc) is 2.53. The molecule has 1 amide bonds. The second-order valence-corrected chi connectivity index (χ2v) is 7.53. The Bertz CT molecular complexity index is 618. The summed E-state index contributed by atoms with van der Waals surface area (Å²) in [5.41, 5.74) is 2.46. The number of aromatic nitrogens is 1. The number of hydrogen-bond acceptors (Lipinski definition) is 3. The van der Waals surface area contributed by atoms with Crippen LogP contribution in [0.4, 0.5) is 0 Å². The van der Waals surface area contributed by atoms with Crippen LogP contribution in [0.2, 0.25) is 0 Å². The normalized spacial score (nSPS) is 11.3. The lowest BCUT2D eigenvalue weighted by molar-refractivity contribution is -0.118. The maximum Gasteiger partial charge on any atom is 0.230 e. The van der Waals surface area contributed by atoms with Crippen LogP contribution in [0.3, 0.4) is 0 Å². The number of nitrogens with one attached hydrogen (secondary N) is 1. The van der Waals surface area contributed by atoms with Gasteiger partial charge >= 0.3 is 0 Å². The summed E-state index contributed by atoms with van der Waals surface area (Å²) in [5, 5.41) is 2.94.